The van der Waals surface area contributed by atoms with E-state index in [0.717, 1.165) is 31.8 Å². The third-order valence-electron chi connectivity index (χ3n) is 3.94. The van der Waals surface area contributed by atoms with Gasteiger partial charge in [-0.25, -0.2) is 4.68 Å². The molecule has 0 N–H and O–H groups in total. The monoisotopic (exact) mass is 457 g/mol. The summed E-state index contributed by atoms with van der Waals surface area (Å²) in [6, 6.07) is 13.6. The second kappa shape index (κ2) is 9.52. The van der Waals surface area contributed by atoms with Crippen LogP contribution in [0.25, 0.3) is 11.3 Å². The first-order valence-electron chi connectivity index (χ1n) is 8.51. The molecule has 0 saturated heterocycles. The lowest BCUT2D eigenvalue weighted by atomic mass is 10.2. The van der Waals surface area contributed by atoms with Crippen molar-refractivity contribution in [3.63, 3.8) is 0 Å². The molecule has 0 spiro atoms. The van der Waals surface area contributed by atoms with E-state index in [2.05, 4.69) is 27.5 Å². The Bertz CT molecular complexity index is 1070. The number of thiazole rings is 1. The molecule has 3 rings (SSSR count). The van der Waals surface area contributed by atoms with Gasteiger partial charge in [0.25, 0.3) is 0 Å². The fourth-order valence-corrected chi connectivity index (χ4v) is 3.90. The number of nitrogens with zero attached hydrogens (tertiary/aromatic N) is 3. The van der Waals surface area contributed by atoms with Gasteiger partial charge in [0.15, 0.2) is 0 Å². The predicted molar refractivity (Wildman–Crippen MR) is 119 cm³/mol. The SMILES string of the molecule is C=CCN=c1scc(-c2ccccc2Br)n1N=Cc1cc(OC)ccc1OC. The van der Waals surface area contributed by atoms with Gasteiger partial charge >= 0.3 is 0 Å². The Morgan fingerprint density at radius 3 is 2.71 bits per heavy atom. The second-order valence-corrected chi connectivity index (χ2v) is 7.37. The molecule has 0 radical (unpaired) electrons. The van der Waals surface area contributed by atoms with Crippen molar-refractivity contribution in [2.45, 2.75) is 0 Å². The van der Waals surface area contributed by atoms with Gasteiger partial charge in [-0.2, -0.15) is 5.10 Å². The molecule has 0 fully saturated rings. The zero-order chi connectivity index (χ0) is 19.9. The van der Waals surface area contributed by atoms with Crippen LogP contribution in [0.1, 0.15) is 5.56 Å². The fraction of sp³-hybridized carbons (Fsp3) is 0.143. The van der Waals surface area contributed by atoms with Crippen LogP contribution in [0, 0.1) is 0 Å². The van der Waals surface area contributed by atoms with Gasteiger partial charge < -0.3 is 9.47 Å². The van der Waals surface area contributed by atoms with Crippen LogP contribution in [0.5, 0.6) is 11.5 Å². The van der Waals surface area contributed by atoms with Crippen molar-refractivity contribution in [3.8, 4) is 22.8 Å². The maximum Gasteiger partial charge on any atom is 0.206 e. The van der Waals surface area contributed by atoms with E-state index in [9.17, 15) is 0 Å². The molecular formula is C21H20BrN3O2S. The maximum atomic E-state index is 5.45. The van der Waals surface area contributed by atoms with Crippen LogP contribution < -0.4 is 14.3 Å². The summed E-state index contributed by atoms with van der Waals surface area (Å²) in [4.78, 5) is 5.35. The standard InChI is InChI=1S/C21H20BrN3O2S/c1-4-11-23-21-25(19(14-28-21)17-7-5-6-8-18(17)22)24-13-15-12-16(26-2)9-10-20(15)27-3/h4-10,12-14H,1,11H2,2-3H3. The number of benzene rings is 2. The molecule has 0 amide bonds. The normalized spacial score (nSPS) is 11.8. The van der Waals surface area contributed by atoms with Crippen LogP contribution in [-0.2, 0) is 0 Å². The first-order valence-corrected chi connectivity index (χ1v) is 10.2. The molecule has 0 unspecified atom stereocenters. The van der Waals surface area contributed by atoms with E-state index in [1.54, 1.807) is 26.5 Å². The zero-order valence-corrected chi connectivity index (χ0v) is 18.0. The lowest BCUT2D eigenvalue weighted by Crippen LogP contribution is -2.12. The van der Waals surface area contributed by atoms with Gasteiger partial charge in [0, 0.05) is 21.0 Å². The summed E-state index contributed by atoms with van der Waals surface area (Å²) in [5.41, 5.74) is 2.79. The predicted octanol–water partition coefficient (Wildman–Crippen LogP) is 4.97. The van der Waals surface area contributed by atoms with E-state index >= 15 is 0 Å². The first-order chi connectivity index (χ1) is 13.7. The minimum Gasteiger partial charge on any atom is -0.497 e. The van der Waals surface area contributed by atoms with E-state index in [4.69, 9.17) is 14.6 Å². The van der Waals surface area contributed by atoms with Crippen molar-refractivity contribution in [1.82, 2.24) is 4.68 Å². The van der Waals surface area contributed by atoms with Crippen LogP contribution >= 0.6 is 27.3 Å². The average Bonchev–Trinajstić information content (AvgIpc) is 3.13. The summed E-state index contributed by atoms with van der Waals surface area (Å²) >= 11 is 5.15. The number of ether oxygens (including phenoxy) is 2. The Morgan fingerprint density at radius 2 is 2.00 bits per heavy atom. The van der Waals surface area contributed by atoms with Gasteiger partial charge in [-0.05, 0) is 24.3 Å². The summed E-state index contributed by atoms with van der Waals surface area (Å²) in [5, 5.41) is 6.75. The lowest BCUT2D eigenvalue weighted by molar-refractivity contribution is 0.402. The lowest BCUT2D eigenvalue weighted by Gasteiger charge is -2.08. The van der Waals surface area contributed by atoms with Crippen molar-refractivity contribution in [1.29, 1.82) is 0 Å². The van der Waals surface area contributed by atoms with Crippen LogP contribution in [0.3, 0.4) is 0 Å². The third-order valence-corrected chi connectivity index (χ3v) is 5.49. The van der Waals surface area contributed by atoms with Gasteiger partial charge in [-0.15, -0.1) is 17.9 Å². The summed E-state index contributed by atoms with van der Waals surface area (Å²) in [5.74, 6) is 1.45. The zero-order valence-electron chi connectivity index (χ0n) is 15.6. The van der Waals surface area contributed by atoms with Crippen molar-refractivity contribution >= 4 is 33.5 Å². The summed E-state index contributed by atoms with van der Waals surface area (Å²) in [7, 11) is 3.27. The number of hydrogen-bond acceptors (Lipinski definition) is 5. The van der Waals surface area contributed by atoms with E-state index in [1.807, 2.05) is 52.5 Å². The molecule has 0 aliphatic rings. The van der Waals surface area contributed by atoms with Crippen LogP contribution in [0.2, 0.25) is 0 Å². The van der Waals surface area contributed by atoms with Gasteiger partial charge in [-0.3, -0.25) is 4.99 Å². The highest BCUT2D eigenvalue weighted by Crippen LogP contribution is 2.28. The quantitative estimate of drug-likeness (QED) is 0.371. The number of methoxy groups -OCH3 is 2. The number of halogens is 1. The van der Waals surface area contributed by atoms with E-state index in [-0.39, 0.29) is 0 Å². The molecule has 0 bridgehead atoms. The molecular weight excluding hydrogens is 438 g/mol. The van der Waals surface area contributed by atoms with Crippen molar-refractivity contribution in [2.75, 3.05) is 20.8 Å². The van der Waals surface area contributed by atoms with Gasteiger partial charge in [0.05, 0.1) is 32.7 Å². The van der Waals surface area contributed by atoms with E-state index < -0.39 is 0 Å². The molecule has 0 atom stereocenters. The Morgan fingerprint density at radius 1 is 1.18 bits per heavy atom. The third kappa shape index (κ3) is 4.43. The molecule has 0 saturated carbocycles. The van der Waals surface area contributed by atoms with E-state index in [1.165, 1.54) is 11.3 Å². The Balaban J connectivity index is 2.13. The van der Waals surface area contributed by atoms with E-state index in [0.29, 0.717) is 12.3 Å². The molecule has 0 aliphatic carbocycles. The highest BCUT2D eigenvalue weighted by atomic mass is 79.9. The fourth-order valence-electron chi connectivity index (χ4n) is 2.58. The Labute approximate surface area is 176 Å². The van der Waals surface area contributed by atoms with Gasteiger partial charge in [0.2, 0.25) is 4.80 Å². The van der Waals surface area contributed by atoms with Crippen molar-refractivity contribution in [2.24, 2.45) is 10.1 Å². The number of rotatable bonds is 7. The molecule has 1 heterocycles. The molecule has 1 aromatic heterocycles. The van der Waals surface area contributed by atoms with Gasteiger partial charge in [0.1, 0.15) is 11.5 Å². The molecule has 144 valence electrons. The average molecular weight is 458 g/mol. The molecule has 3 aromatic rings. The topological polar surface area (TPSA) is 48.1 Å². The Kier molecular flexibility index (Phi) is 6.84. The highest BCUT2D eigenvalue weighted by Gasteiger charge is 2.10. The largest absolute Gasteiger partial charge is 0.497 e. The first kappa shape index (κ1) is 20.1. The van der Waals surface area contributed by atoms with Crippen LogP contribution in [0.4, 0.5) is 0 Å². The smallest absolute Gasteiger partial charge is 0.206 e. The second-order valence-electron chi connectivity index (χ2n) is 5.68. The summed E-state index contributed by atoms with van der Waals surface area (Å²) in [6.45, 7) is 4.27. The minimum atomic E-state index is 0.522. The van der Waals surface area contributed by atoms with Crippen LogP contribution in [0.15, 0.2) is 75.1 Å². The maximum absolute atomic E-state index is 5.45. The molecule has 7 heteroatoms. The summed E-state index contributed by atoms with van der Waals surface area (Å²) < 4.78 is 13.6. The minimum absolute atomic E-state index is 0.522. The molecule has 5 nitrogen and oxygen atoms in total. The summed E-state index contributed by atoms with van der Waals surface area (Å²) in [6.07, 6.45) is 3.51. The number of hydrogen-bond donors (Lipinski definition) is 0. The molecule has 28 heavy (non-hydrogen) atoms. The molecule has 0 aliphatic heterocycles. The van der Waals surface area contributed by atoms with Crippen molar-refractivity contribution in [3.05, 3.63) is 75.3 Å². The molecule has 2 aromatic carbocycles. The Hall–Kier alpha value is -2.64. The number of aromatic nitrogens is 1. The van der Waals surface area contributed by atoms with Gasteiger partial charge in [-0.1, -0.05) is 40.2 Å². The van der Waals surface area contributed by atoms with Crippen LogP contribution in [-0.4, -0.2) is 31.7 Å². The highest BCUT2D eigenvalue weighted by molar-refractivity contribution is 9.10. The van der Waals surface area contributed by atoms with Crippen molar-refractivity contribution < 1.29 is 9.47 Å².